The molecule has 0 unspecified atom stereocenters. The summed E-state index contributed by atoms with van der Waals surface area (Å²) < 4.78 is 0. The van der Waals surface area contributed by atoms with Gasteiger partial charge in [0.2, 0.25) is 0 Å². The van der Waals surface area contributed by atoms with E-state index in [0.717, 1.165) is 19.3 Å². The van der Waals surface area contributed by atoms with Crippen molar-refractivity contribution in [2.75, 3.05) is 0 Å². The van der Waals surface area contributed by atoms with Crippen LogP contribution in [-0.4, -0.2) is 0 Å². The van der Waals surface area contributed by atoms with Gasteiger partial charge in [0.05, 0.1) is 0 Å². The van der Waals surface area contributed by atoms with Crippen molar-refractivity contribution >= 4 is 0 Å². The van der Waals surface area contributed by atoms with E-state index in [-0.39, 0.29) is 0 Å². The molecule has 0 saturated carbocycles. The van der Waals surface area contributed by atoms with Crippen molar-refractivity contribution in [2.24, 2.45) is 0 Å². The van der Waals surface area contributed by atoms with Gasteiger partial charge in [0.1, 0.15) is 0 Å². The second-order valence-electron chi connectivity index (χ2n) is 2.40. The zero-order valence-electron chi connectivity index (χ0n) is 7.13. The molecule has 0 aliphatic rings. The first-order valence-electron chi connectivity index (χ1n) is 4.12. The molecule has 0 N–H and O–H groups in total. The van der Waals surface area contributed by atoms with Crippen LogP contribution in [0.25, 0.3) is 0 Å². The molecule has 0 spiro atoms. The molecule has 0 saturated heterocycles. The highest BCUT2D eigenvalue weighted by atomic mass is 13.8. The van der Waals surface area contributed by atoms with E-state index < -0.39 is 0 Å². The highest BCUT2D eigenvalue weighted by Gasteiger charge is 1.78. The zero-order valence-corrected chi connectivity index (χ0v) is 7.13. The maximum absolute atomic E-state index is 3.64. The Hall–Kier alpha value is -0.780. The first-order valence-corrected chi connectivity index (χ1v) is 4.12. The minimum atomic E-state index is 0.991. The van der Waals surface area contributed by atoms with Gasteiger partial charge in [0, 0.05) is 0 Å². The molecule has 0 heteroatoms. The number of allylic oxidation sites excluding steroid dienone is 5. The fourth-order valence-electron chi connectivity index (χ4n) is 0.782. The Balaban J connectivity index is 3.06. The molecule has 1 radical (unpaired) electrons. The van der Waals surface area contributed by atoms with Crippen molar-refractivity contribution in [3.05, 3.63) is 43.9 Å². The molecule has 0 rings (SSSR count). The lowest BCUT2D eigenvalue weighted by atomic mass is 10.2. The molecule has 0 aromatic rings. The number of unbranched alkanes of at least 4 members (excludes halogenated alkanes) is 2. The fraction of sp³-hybridized carbons (Fsp3) is 0.364. The van der Waals surface area contributed by atoms with E-state index in [1.54, 1.807) is 0 Å². The molecule has 0 amide bonds. The van der Waals surface area contributed by atoms with Gasteiger partial charge in [-0.05, 0) is 32.6 Å². The first-order chi connectivity index (χ1) is 5.41. The molecule has 0 aromatic carbocycles. The predicted octanol–water partition coefficient (Wildman–Crippen LogP) is 3.68. The summed E-state index contributed by atoms with van der Waals surface area (Å²) in [6.07, 6.45) is 14.7. The molecule has 0 fully saturated rings. The standard InChI is InChI=1S/C11H17/c1-3-5-7-9-11-10-8-6-4-2/h3-5,8,10H,1-2,6-7,9,11H2. The van der Waals surface area contributed by atoms with Gasteiger partial charge in [0.15, 0.2) is 0 Å². The van der Waals surface area contributed by atoms with Crippen LogP contribution in [0, 0.1) is 6.92 Å². The van der Waals surface area contributed by atoms with Crippen molar-refractivity contribution in [1.82, 2.24) is 0 Å². The Morgan fingerprint density at radius 1 is 1.00 bits per heavy atom. The molecule has 0 atom stereocenters. The smallest absolute Gasteiger partial charge is 0.0172 e. The summed E-state index contributed by atoms with van der Waals surface area (Å²) >= 11 is 0. The van der Waals surface area contributed by atoms with Crippen LogP contribution in [0.4, 0.5) is 0 Å². The summed E-state index contributed by atoms with van der Waals surface area (Å²) in [7, 11) is 0. The van der Waals surface area contributed by atoms with Crippen LogP contribution in [0.5, 0.6) is 0 Å². The Bertz CT molecular complexity index is 129. The molecule has 0 heterocycles. The summed E-state index contributed by atoms with van der Waals surface area (Å²) in [5, 5.41) is 0. The molecular formula is C11H17. The molecule has 11 heavy (non-hydrogen) atoms. The largest absolute Gasteiger partial charge is 0.103 e. The topological polar surface area (TPSA) is 0 Å². The number of hydrogen-bond acceptors (Lipinski definition) is 0. The Morgan fingerprint density at radius 3 is 2.36 bits per heavy atom. The van der Waals surface area contributed by atoms with Crippen LogP contribution in [0.15, 0.2) is 37.0 Å². The fourth-order valence-corrected chi connectivity index (χ4v) is 0.782. The summed E-state index contributed by atoms with van der Waals surface area (Å²) in [6.45, 7) is 7.26. The summed E-state index contributed by atoms with van der Waals surface area (Å²) in [5.41, 5.74) is 0. The van der Waals surface area contributed by atoms with Crippen LogP contribution >= 0.6 is 0 Å². The molecule has 0 aromatic heterocycles. The normalized spacial score (nSPS) is 11.4. The third kappa shape index (κ3) is 9.22. The lowest BCUT2D eigenvalue weighted by Crippen LogP contribution is -1.68. The lowest BCUT2D eigenvalue weighted by molar-refractivity contribution is 0.866. The molecule has 61 valence electrons. The monoisotopic (exact) mass is 149 g/mol. The first kappa shape index (κ1) is 10.2. The zero-order chi connectivity index (χ0) is 8.36. The highest BCUT2D eigenvalue weighted by molar-refractivity contribution is 4.89. The van der Waals surface area contributed by atoms with E-state index in [2.05, 4.69) is 31.7 Å². The van der Waals surface area contributed by atoms with E-state index in [1.807, 2.05) is 12.2 Å². The van der Waals surface area contributed by atoms with Crippen molar-refractivity contribution in [3.8, 4) is 0 Å². The van der Waals surface area contributed by atoms with Gasteiger partial charge in [-0.25, -0.2) is 0 Å². The van der Waals surface area contributed by atoms with Crippen LogP contribution in [-0.2, 0) is 0 Å². The number of rotatable bonds is 6. The van der Waals surface area contributed by atoms with E-state index in [1.165, 1.54) is 6.42 Å². The van der Waals surface area contributed by atoms with E-state index in [9.17, 15) is 0 Å². The predicted molar refractivity (Wildman–Crippen MR) is 52.3 cm³/mol. The van der Waals surface area contributed by atoms with Gasteiger partial charge < -0.3 is 0 Å². The average molecular weight is 149 g/mol. The third-order valence-electron chi connectivity index (χ3n) is 1.38. The van der Waals surface area contributed by atoms with Crippen molar-refractivity contribution < 1.29 is 0 Å². The minimum absolute atomic E-state index is 0.991. The maximum Gasteiger partial charge on any atom is -0.0172 e. The SMILES string of the molecule is [CH2]C=CCCCC=CCC=C. The molecule has 0 aliphatic carbocycles. The third-order valence-corrected chi connectivity index (χ3v) is 1.38. The minimum Gasteiger partial charge on any atom is -0.103 e. The lowest BCUT2D eigenvalue weighted by Gasteiger charge is -1.88. The van der Waals surface area contributed by atoms with Crippen molar-refractivity contribution in [2.45, 2.75) is 25.7 Å². The van der Waals surface area contributed by atoms with Crippen molar-refractivity contribution in [1.29, 1.82) is 0 Å². The molecule has 0 nitrogen and oxygen atoms in total. The van der Waals surface area contributed by atoms with Crippen LogP contribution in [0.2, 0.25) is 0 Å². The molecular weight excluding hydrogens is 132 g/mol. The average Bonchev–Trinajstić information content (AvgIpc) is 2.03. The van der Waals surface area contributed by atoms with Crippen LogP contribution in [0.1, 0.15) is 25.7 Å². The quantitative estimate of drug-likeness (QED) is 0.399. The van der Waals surface area contributed by atoms with Crippen LogP contribution in [0.3, 0.4) is 0 Å². The summed E-state index contributed by atoms with van der Waals surface area (Å²) in [5.74, 6) is 0. The Kier molecular flexibility index (Phi) is 8.57. The van der Waals surface area contributed by atoms with Crippen molar-refractivity contribution in [3.63, 3.8) is 0 Å². The molecule has 0 bridgehead atoms. The van der Waals surface area contributed by atoms with Crippen LogP contribution < -0.4 is 0 Å². The van der Waals surface area contributed by atoms with E-state index in [4.69, 9.17) is 0 Å². The van der Waals surface area contributed by atoms with E-state index >= 15 is 0 Å². The Morgan fingerprint density at radius 2 is 1.73 bits per heavy atom. The Labute approximate surface area is 70.3 Å². The van der Waals surface area contributed by atoms with Gasteiger partial charge in [-0.15, -0.1) is 6.58 Å². The van der Waals surface area contributed by atoms with Gasteiger partial charge in [-0.3, -0.25) is 0 Å². The van der Waals surface area contributed by atoms with Gasteiger partial charge in [0.25, 0.3) is 0 Å². The molecule has 0 aliphatic heterocycles. The van der Waals surface area contributed by atoms with Gasteiger partial charge in [-0.1, -0.05) is 30.4 Å². The van der Waals surface area contributed by atoms with Gasteiger partial charge >= 0.3 is 0 Å². The highest BCUT2D eigenvalue weighted by Crippen LogP contribution is 1.98. The summed E-state index contributed by atoms with van der Waals surface area (Å²) in [6, 6.07) is 0. The van der Waals surface area contributed by atoms with Gasteiger partial charge in [-0.2, -0.15) is 0 Å². The number of hydrogen-bond donors (Lipinski definition) is 0. The second kappa shape index (κ2) is 9.22. The van der Waals surface area contributed by atoms with E-state index in [0.29, 0.717) is 0 Å². The maximum atomic E-state index is 3.64. The second-order valence-corrected chi connectivity index (χ2v) is 2.40. The summed E-state index contributed by atoms with van der Waals surface area (Å²) in [4.78, 5) is 0.